The minimum Gasteiger partial charge on any atom is -0.346 e. The molecule has 1 amide bonds. The Morgan fingerprint density at radius 1 is 1.21 bits per heavy atom. The molecule has 7 heteroatoms. The normalized spacial score (nSPS) is 15.2. The summed E-state index contributed by atoms with van der Waals surface area (Å²) in [7, 11) is 0. The summed E-state index contributed by atoms with van der Waals surface area (Å²) >= 11 is 1.68. The number of thiophene rings is 1. The minimum absolute atomic E-state index is 0.134. The van der Waals surface area contributed by atoms with Crippen LogP contribution in [-0.2, 0) is 17.9 Å². The molecule has 2 N–H and O–H groups in total. The van der Waals surface area contributed by atoms with Crippen molar-refractivity contribution in [2.45, 2.75) is 26.4 Å². The van der Waals surface area contributed by atoms with Gasteiger partial charge < -0.3 is 19.7 Å². The van der Waals surface area contributed by atoms with Crippen LogP contribution in [-0.4, -0.2) is 48.2 Å². The van der Waals surface area contributed by atoms with Crippen molar-refractivity contribution in [1.82, 2.24) is 14.9 Å². The first kappa shape index (κ1) is 19.0. The summed E-state index contributed by atoms with van der Waals surface area (Å²) < 4.78 is 2.34. The standard InChI is InChI=1S/C21H27N5OS/c1-2-9-26-19-8-4-3-7-18(19)23-21(26)25-12-10-24(11-13-25)16-20(27)22-15-17-6-5-14-28-17/h3-8,14H,2,9-13,15-16H2,1H3,(H,22,27)/p+1. The van der Waals surface area contributed by atoms with Crippen molar-refractivity contribution >= 4 is 34.2 Å². The lowest BCUT2D eigenvalue weighted by atomic mass is 10.3. The number of aromatic nitrogens is 2. The molecule has 0 radical (unpaired) electrons. The summed E-state index contributed by atoms with van der Waals surface area (Å²) in [6.07, 6.45) is 1.09. The van der Waals surface area contributed by atoms with Crippen LogP contribution >= 0.6 is 11.3 Å². The second-order valence-corrected chi connectivity index (χ2v) is 8.35. The lowest BCUT2D eigenvalue weighted by molar-refractivity contribution is -0.892. The van der Waals surface area contributed by atoms with Crippen LogP contribution in [0.15, 0.2) is 41.8 Å². The molecule has 6 nitrogen and oxygen atoms in total. The Kier molecular flexibility index (Phi) is 5.92. The number of carbonyl (C=O) groups excluding carboxylic acids is 1. The van der Waals surface area contributed by atoms with E-state index in [2.05, 4.69) is 46.0 Å². The number of amides is 1. The first-order valence-corrected chi connectivity index (χ1v) is 11.0. The number of aryl methyl sites for hydroxylation is 1. The predicted octanol–water partition coefficient (Wildman–Crippen LogP) is 1.53. The van der Waals surface area contributed by atoms with Gasteiger partial charge in [0.1, 0.15) is 0 Å². The van der Waals surface area contributed by atoms with Gasteiger partial charge >= 0.3 is 0 Å². The Balaban J connectivity index is 1.34. The molecule has 1 saturated heterocycles. The van der Waals surface area contributed by atoms with Crippen LogP contribution in [0.25, 0.3) is 11.0 Å². The van der Waals surface area contributed by atoms with Crippen LogP contribution in [0.2, 0.25) is 0 Å². The SMILES string of the molecule is CCCn1c(N2CC[NH+](CC(=O)NCc3cccs3)CC2)nc2ccccc21. The van der Waals surface area contributed by atoms with E-state index in [0.29, 0.717) is 13.1 Å². The average molecular weight is 399 g/mol. The van der Waals surface area contributed by atoms with E-state index in [1.807, 2.05) is 17.5 Å². The zero-order valence-corrected chi connectivity index (χ0v) is 17.2. The van der Waals surface area contributed by atoms with E-state index >= 15 is 0 Å². The molecule has 1 aromatic carbocycles. The average Bonchev–Trinajstić information content (AvgIpc) is 3.36. The van der Waals surface area contributed by atoms with Crippen LogP contribution in [0, 0.1) is 0 Å². The minimum atomic E-state index is 0.134. The second-order valence-electron chi connectivity index (χ2n) is 7.32. The van der Waals surface area contributed by atoms with Crippen LogP contribution < -0.4 is 15.1 Å². The molecular formula is C21H28N5OS+. The van der Waals surface area contributed by atoms with E-state index in [9.17, 15) is 4.79 Å². The van der Waals surface area contributed by atoms with Crippen molar-refractivity contribution in [2.75, 3.05) is 37.6 Å². The number of quaternary nitrogens is 1. The van der Waals surface area contributed by atoms with Crippen LogP contribution in [0.5, 0.6) is 0 Å². The van der Waals surface area contributed by atoms with Crippen molar-refractivity contribution in [3.8, 4) is 0 Å². The van der Waals surface area contributed by atoms with E-state index in [-0.39, 0.29) is 5.91 Å². The number of imidazole rings is 1. The fourth-order valence-electron chi connectivity index (χ4n) is 3.84. The molecule has 148 valence electrons. The van der Waals surface area contributed by atoms with Crippen molar-refractivity contribution < 1.29 is 9.69 Å². The molecule has 1 aliphatic rings. The zero-order valence-electron chi connectivity index (χ0n) is 16.4. The number of fused-ring (bicyclic) bond motifs is 1. The molecular weight excluding hydrogens is 370 g/mol. The van der Waals surface area contributed by atoms with Crippen LogP contribution in [0.4, 0.5) is 5.95 Å². The van der Waals surface area contributed by atoms with Gasteiger partial charge in [-0.15, -0.1) is 11.3 Å². The lowest BCUT2D eigenvalue weighted by Gasteiger charge is -2.32. The topological polar surface area (TPSA) is 54.6 Å². The van der Waals surface area contributed by atoms with Crippen molar-refractivity contribution in [3.05, 3.63) is 46.7 Å². The van der Waals surface area contributed by atoms with Gasteiger partial charge in [-0.2, -0.15) is 0 Å². The van der Waals surface area contributed by atoms with Crippen molar-refractivity contribution in [2.24, 2.45) is 0 Å². The largest absolute Gasteiger partial charge is 0.346 e. The molecule has 4 rings (SSSR count). The molecule has 0 spiro atoms. The molecule has 0 bridgehead atoms. The Hall–Kier alpha value is -2.38. The first-order valence-electron chi connectivity index (χ1n) is 10.1. The van der Waals surface area contributed by atoms with Gasteiger partial charge in [0.15, 0.2) is 6.54 Å². The van der Waals surface area contributed by atoms with E-state index in [1.165, 1.54) is 15.3 Å². The maximum atomic E-state index is 12.3. The number of piperazine rings is 1. The molecule has 0 aliphatic carbocycles. The van der Waals surface area contributed by atoms with E-state index < -0.39 is 0 Å². The summed E-state index contributed by atoms with van der Waals surface area (Å²) in [5, 5.41) is 5.08. The third-order valence-corrected chi connectivity index (χ3v) is 6.16. The number of nitrogens with one attached hydrogen (secondary N) is 2. The van der Waals surface area contributed by atoms with Gasteiger partial charge in [-0.1, -0.05) is 25.1 Å². The van der Waals surface area contributed by atoms with E-state index in [1.54, 1.807) is 11.3 Å². The van der Waals surface area contributed by atoms with Gasteiger partial charge in [0.25, 0.3) is 5.91 Å². The van der Waals surface area contributed by atoms with E-state index in [4.69, 9.17) is 4.98 Å². The third-order valence-electron chi connectivity index (χ3n) is 5.29. The Morgan fingerprint density at radius 3 is 2.79 bits per heavy atom. The predicted molar refractivity (Wildman–Crippen MR) is 114 cm³/mol. The van der Waals surface area contributed by atoms with Crippen molar-refractivity contribution in [3.63, 3.8) is 0 Å². The highest BCUT2D eigenvalue weighted by Gasteiger charge is 2.25. The van der Waals surface area contributed by atoms with Crippen LogP contribution in [0.1, 0.15) is 18.2 Å². The fourth-order valence-corrected chi connectivity index (χ4v) is 4.48. The number of hydrogen-bond acceptors (Lipinski definition) is 4. The number of anilines is 1. The van der Waals surface area contributed by atoms with Gasteiger partial charge in [-0.05, 0) is 30.0 Å². The highest BCUT2D eigenvalue weighted by molar-refractivity contribution is 7.09. The summed E-state index contributed by atoms with van der Waals surface area (Å²) in [5.74, 6) is 1.21. The number of benzene rings is 1. The summed E-state index contributed by atoms with van der Waals surface area (Å²) in [6, 6.07) is 12.4. The molecule has 3 heterocycles. The molecule has 28 heavy (non-hydrogen) atoms. The maximum absolute atomic E-state index is 12.3. The highest BCUT2D eigenvalue weighted by atomic mass is 32.1. The third kappa shape index (κ3) is 4.20. The Morgan fingerprint density at radius 2 is 2.04 bits per heavy atom. The summed E-state index contributed by atoms with van der Waals surface area (Å²) in [5.41, 5.74) is 2.27. The van der Waals surface area contributed by atoms with Gasteiger partial charge in [0.05, 0.1) is 43.8 Å². The van der Waals surface area contributed by atoms with Gasteiger partial charge in [-0.3, -0.25) is 4.79 Å². The highest BCUT2D eigenvalue weighted by Crippen LogP contribution is 2.23. The zero-order chi connectivity index (χ0) is 19.3. The second kappa shape index (κ2) is 8.75. The van der Waals surface area contributed by atoms with Gasteiger partial charge in [0.2, 0.25) is 5.95 Å². The van der Waals surface area contributed by atoms with E-state index in [0.717, 1.165) is 50.6 Å². The molecule has 0 unspecified atom stereocenters. The van der Waals surface area contributed by atoms with Gasteiger partial charge in [0, 0.05) is 11.4 Å². The molecule has 1 aliphatic heterocycles. The molecule has 0 atom stereocenters. The number of para-hydroxylation sites is 2. The molecule has 0 saturated carbocycles. The lowest BCUT2D eigenvalue weighted by Crippen LogP contribution is -3.16. The Labute approximate surface area is 169 Å². The smallest absolute Gasteiger partial charge is 0.275 e. The number of nitrogens with zero attached hydrogens (tertiary/aromatic N) is 3. The molecule has 1 fully saturated rings. The number of carbonyl (C=O) groups is 1. The first-order chi connectivity index (χ1) is 13.7. The Bertz CT molecular complexity index is 912. The number of rotatable bonds is 7. The molecule has 3 aromatic rings. The van der Waals surface area contributed by atoms with Crippen LogP contribution in [0.3, 0.4) is 0 Å². The molecule has 2 aromatic heterocycles. The quantitative estimate of drug-likeness (QED) is 0.635. The number of hydrogen-bond donors (Lipinski definition) is 2. The summed E-state index contributed by atoms with van der Waals surface area (Å²) in [6.45, 7) is 8.15. The maximum Gasteiger partial charge on any atom is 0.275 e. The monoisotopic (exact) mass is 398 g/mol. The summed E-state index contributed by atoms with van der Waals surface area (Å²) in [4.78, 5) is 22.1. The van der Waals surface area contributed by atoms with Gasteiger partial charge in [-0.25, -0.2) is 4.98 Å². The van der Waals surface area contributed by atoms with Crippen molar-refractivity contribution in [1.29, 1.82) is 0 Å². The fraction of sp³-hybridized carbons (Fsp3) is 0.429.